The minimum Gasteiger partial charge on any atom is -0.448 e. The summed E-state index contributed by atoms with van der Waals surface area (Å²) in [6.07, 6.45) is 0.00316. The topological polar surface area (TPSA) is 115 Å². The summed E-state index contributed by atoms with van der Waals surface area (Å²) in [5.74, 6) is -0.219. The van der Waals surface area contributed by atoms with Gasteiger partial charge in [-0.1, -0.05) is 41.1 Å². The van der Waals surface area contributed by atoms with Gasteiger partial charge in [0.2, 0.25) is 11.8 Å². The molecular weight excluding hydrogens is 476 g/mol. The molecular formula is C20H19BrN2O6S. The summed E-state index contributed by atoms with van der Waals surface area (Å²) in [5.41, 5.74) is 0.693. The predicted octanol–water partition coefficient (Wildman–Crippen LogP) is 4.26. The van der Waals surface area contributed by atoms with Crippen LogP contribution in [0.5, 0.6) is 17.4 Å². The van der Waals surface area contributed by atoms with Gasteiger partial charge in [-0.25, -0.2) is 4.98 Å². The Labute approximate surface area is 182 Å². The van der Waals surface area contributed by atoms with Gasteiger partial charge in [0, 0.05) is 29.3 Å². The van der Waals surface area contributed by atoms with Crippen molar-refractivity contribution in [1.82, 2.24) is 10.3 Å². The molecule has 1 unspecified atom stereocenters. The maximum Gasteiger partial charge on any atom is 0.326 e. The van der Waals surface area contributed by atoms with Crippen LogP contribution in [-0.2, 0) is 14.9 Å². The van der Waals surface area contributed by atoms with E-state index in [-0.39, 0.29) is 23.8 Å². The number of nitrogens with one attached hydrogen (secondary N) is 1. The van der Waals surface area contributed by atoms with Crippen molar-refractivity contribution >= 4 is 42.9 Å². The van der Waals surface area contributed by atoms with E-state index < -0.39 is 21.1 Å². The third-order valence-electron chi connectivity index (χ3n) is 4.18. The highest BCUT2D eigenvalue weighted by Gasteiger charge is 2.42. The zero-order valence-corrected chi connectivity index (χ0v) is 18.5. The fourth-order valence-electron chi connectivity index (χ4n) is 2.55. The quantitative estimate of drug-likeness (QED) is 0.372. The van der Waals surface area contributed by atoms with Crippen molar-refractivity contribution in [2.24, 2.45) is 0 Å². The molecule has 1 aromatic heterocycles. The molecule has 1 atom stereocenters. The van der Waals surface area contributed by atoms with E-state index in [1.54, 1.807) is 31.2 Å². The number of hydrogen-bond acceptors (Lipinski definition) is 6. The average Bonchev–Trinajstić information content (AvgIpc) is 2.68. The van der Waals surface area contributed by atoms with E-state index in [1.165, 1.54) is 6.07 Å². The number of halogens is 1. The van der Waals surface area contributed by atoms with Crippen LogP contribution in [0.4, 0.5) is 0 Å². The summed E-state index contributed by atoms with van der Waals surface area (Å²) in [6.45, 7) is 2.58. The Kier molecular flexibility index (Phi) is 6.30. The number of nitrogens with zero attached hydrogens (tertiary/aromatic N) is 1. The fraction of sp³-hybridized carbons (Fsp3) is 0.200. The molecule has 2 N–H and O–H groups in total. The Morgan fingerprint density at radius 1 is 1.17 bits per heavy atom. The van der Waals surface area contributed by atoms with E-state index in [4.69, 9.17) is 9.47 Å². The van der Waals surface area contributed by atoms with Gasteiger partial charge in [-0.15, -0.1) is 0 Å². The molecule has 2 aromatic carbocycles. The lowest BCUT2D eigenvalue weighted by Crippen LogP contribution is -2.56. The van der Waals surface area contributed by atoms with Crippen LogP contribution in [0.15, 0.2) is 59.1 Å². The number of hydrogen-bond donors (Lipinski definition) is 2. The minimum absolute atomic E-state index is 0.00316. The van der Waals surface area contributed by atoms with Crippen molar-refractivity contribution in [2.45, 2.75) is 25.3 Å². The Balaban J connectivity index is 1.95. The number of benzene rings is 2. The number of pyridine rings is 1. The average molecular weight is 495 g/mol. The molecule has 1 heterocycles. The summed E-state index contributed by atoms with van der Waals surface area (Å²) >= 11 is 3.40. The second kappa shape index (κ2) is 8.58. The Morgan fingerprint density at radius 3 is 2.50 bits per heavy atom. The zero-order valence-electron chi connectivity index (χ0n) is 16.1. The van der Waals surface area contributed by atoms with Gasteiger partial charge in [0.25, 0.3) is 0 Å². The van der Waals surface area contributed by atoms with E-state index in [0.717, 1.165) is 16.8 Å². The zero-order chi connectivity index (χ0) is 21.9. The summed E-state index contributed by atoms with van der Waals surface area (Å²) in [4.78, 5) is 16.2. The predicted molar refractivity (Wildman–Crippen MR) is 115 cm³/mol. The van der Waals surface area contributed by atoms with Crippen molar-refractivity contribution in [2.75, 3.05) is 0 Å². The van der Waals surface area contributed by atoms with Gasteiger partial charge in [0.15, 0.2) is 11.5 Å². The molecule has 1 amide bonds. The SMILES string of the molecule is CCC(=O)NC(C)(Oc1ccccc1Oc1ccc2ccc(Br)cc2n1)S(=O)(=O)O. The molecule has 0 aliphatic rings. The van der Waals surface area contributed by atoms with Crippen molar-refractivity contribution < 1.29 is 27.2 Å². The summed E-state index contributed by atoms with van der Waals surface area (Å²) in [5, 5.41) is 0.689. The molecule has 0 bridgehead atoms. The van der Waals surface area contributed by atoms with Crippen LogP contribution in [0, 0.1) is 0 Å². The smallest absolute Gasteiger partial charge is 0.326 e. The number of carbonyl (C=O) groups is 1. The summed E-state index contributed by atoms with van der Waals surface area (Å²) in [6, 6.07) is 15.4. The van der Waals surface area contributed by atoms with Gasteiger partial charge in [0.05, 0.1) is 5.52 Å². The van der Waals surface area contributed by atoms with Crippen LogP contribution in [0.2, 0.25) is 0 Å². The monoisotopic (exact) mass is 494 g/mol. The Morgan fingerprint density at radius 2 is 1.83 bits per heavy atom. The van der Waals surface area contributed by atoms with Gasteiger partial charge < -0.3 is 14.8 Å². The first-order valence-electron chi connectivity index (χ1n) is 8.91. The number of para-hydroxylation sites is 2. The first-order chi connectivity index (χ1) is 14.1. The van der Waals surface area contributed by atoms with Crippen molar-refractivity contribution in [3.8, 4) is 17.4 Å². The highest BCUT2D eigenvalue weighted by atomic mass is 79.9. The number of amides is 1. The lowest BCUT2D eigenvalue weighted by atomic mass is 10.2. The third-order valence-corrected chi connectivity index (χ3v) is 5.84. The summed E-state index contributed by atoms with van der Waals surface area (Å²) in [7, 11) is -4.82. The Bertz CT molecular complexity index is 1200. The van der Waals surface area contributed by atoms with Crippen molar-refractivity contribution in [3.05, 3.63) is 59.1 Å². The number of rotatable bonds is 7. The molecule has 0 aliphatic heterocycles. The number of carbonyl (C=O) groups excluding carboxylic acids is 1. The third kappa shape index (κ3) is 4.89. The van der Waals surface area contributed by atoms with Crippen LogP contribution in [0.3, 0.4) is 0 Å². The lowest BCUT2D eigenvalue weighted by Gasteiger charge is -2.28. The number of ether oxygens (including phenoxy) is 2. The fourth-order valence-corrected chi connectivity index (χ4v) is 3.34. The van der Waals surface area contributed by atoms with Gasteiger partial charge >= 0.3 is 15.2 Å². The van der Waals surface area contributed by atoms with Gasteiger partial charge in [-0.2, -0.15) is 8.42 Å². The van der Waals surface area contributed by atoms with Crippen LogP contribution >= 0.6 is 15.9 Å². The molecule has 30 heavy (non-hydrogen) atoms. The van der Waals surface area contributed by atoms with Gasteiger partial charge in [-0.05, 0) is 30.3 Å². The highest BCUT2D eigenvalue weighted by Crippen LogP contribution is 2.34. The van der Waals surface area contributed by atoms with Crippen molar-refractivity contribution in [3.63, 3.8) is 0 Å². The van der Waals surface area contributed by atoms with E-state index in [2.05, 4.69) is 26.2 Å². The van der Waals surface area contributed by atoms with E-state index in [1.807, 2.05) is 24.3 Å². The second-order valence-corrected chi connectivity index (χ2v) is 9.10. The molecule has 0 saturated heterocycles. The van der Waals surface area contributed by atoms with Crippen LogP contribution < -0.4 is 14.8 Å². The molecule has 0 aliphatic carbocycles. The van der Waals surface area contributed by atoms with Crippen molar-refractivity contribution in [1.29, 1.82) is 0 Å². The molecule has 3 aromatic rings. The lowest BCUT2D eigenvalue weighted by molar-refractivity contribution is -0.124. The second-order valence-electron chi connectivity index (χ2n) is 6.46. The highest BCUT2D eigenvalue weighted by molar-refractivity contribution is 9.10. The number of aromatic nitrogens is 1. The molecule has 0 spiro atoms. The maximum atomic E-state index is 11.9. The molecule has 0 saturated carbocycles. The Hall–Kier alpha value is -2.69. The first-order valence-corrected chi connectivity index (χ1v) is 11.1. The van der Waals surface area contributed by atoms with E-state index in [9.17, 15) is 17.8 Å². The van der Waals surface area contributed by atoms with Crippen LogP contribution in [0.25, 0.3) is 10.9 Å². The largest absolute Gasteiger partial charge is 0.448 e. The maximum absolute atomic E-state index is 11.9. The molecule has 158 valence electrons. The van der Waals surface area contributed by atoms with Crippen LogP contribution in [-0.4, -0.2) is 28.9 Å². The molecule has 10 heteroatoms. The molecule has 0 fully saturated rings. The standard InChI is InChI=1S/C20H19BrN2O6S/c1-3-18(24)23-20(2,30(25,26)27)29-17-7-5-4-6-16(17)28-19-11-9-13-8-10-14(21)12-15(13)22-19/h4-12H,3H2,1-2H3,(H,23,24)(H,25,26,27). The minimum atomic E-state index is -4.82. The molecule has 8 nitrogen and oxygen atoms in total. The van der Waals surface area contributed by atoms with Gasteiger partial charge in [0.1, 0.15) is 0 Å². The van der Waals surface area contributed by atoms with Crippen LogP contribution in [0.1, 0.15) is 20.3 Å². The normalized spacial score (nSPS) is 13.5. The first kappa shape index (κ1) is 22.0. The molecule has 0 radical (unpaired) electrons. The van der Waals surface area contributed by atoms with Gasteiger partial charge in [-0.3, -0.25) is 9.35 Å². The van der Waals surface area contributed by atoms with E-state index >= 15 is 0 Å². The number of fused-ring (bicyclic) bond motifs is 1. The summed E-state index contributed by atoms with van der Waals surface area (Å²) < 4.78 is 45.7. The van der Waals surface area contributed by atoms with E-state index in [0.29, 0.717) is 5.52 Å². The molecule has 3 rings (SSSR count).